The van der Waals surface area contributed by atoms with Gasteiger partial charge in [-0.2, -0.15) is 0 Å². The van der Waals surface area contributed by atoms with E-state index in [1.165, 1.54) is 4.31 Å². The quantitative estimate of drug-likeness (QED) is 0.903. The van der Waals surface area contributed by atoms with Gasteiger partial charge in [0.05, 0.1) is 17.5 Å². The Morgan fingerprint density at radius 2 is 2.00 bits per heavy atom. The molecule has 0 radical (unpaired) electrons. The SMILES string of the molecule is O=C(NC[C@@H]1CCCO1)c1ccc(N2CCCCS2(=O)=O)cc1. The molecule has 0 aromatic heterocycles. The van der Waals surface area contributed by atoms with E-state index in [4.69, 9.17) is 4.74 Å². The van der Waals surface area contributed by atoms with Crippen LogP contribution in [0.5, 0.6) is 0 Å². The third kappa shape index (κ3) is 3.84. The van der Waals surface area contributed by atoms with Crippen molar-refractivity contribution in [2.75, 3.05) is 29.8 Å². The van der Waals surface area contributed by atoms with Crippen LogP contribution >= 0.6 is 0 Å². The molecule has 2 fully saturated rings. The second-order valence-electron chi connectivity index (χ2n) is 5.99. The molecular formula is C16H22N2O4S. The number of ether oxygens (including phenoxy) is 1. The number of nitrogens with zero attached hydrogens (tertiary/aromatic N) is 1. The number of sulfonamides is 1. The lowest BCUT2D eigenvalue weighted by Crippen LogP contribution is -2.37. The predicted molar refractivity (Wildman–Crippen MR) is 88.1 cm³/mol. The van der Waals surface area contributed by atoms with E-state index in [0.29, 0.717) is 30.8 Å². The van der Waals surface area contributed by atoms with Gasteiger partial charge in [-0.15, -0.1) is 0 Å². The maximum absolute atomic E-state index is 12.1. The van der Waals surface area contributed by atoms with E-state index >= 15 is 0 Å². The van der Waals surface area contributed by atoms with Crippen molar-refractivity contribution >= 4 is 21.6 Å². The lowest BCUT2D eigenvalue weighted by atomic mass is 10.1. The topological polar surface area (TPSA) is 75.7 Å². The van der Waals surface area contributed by atoms with Gasteiger partial charge in [-0.05, 0) is 49.9 Å². The van der Waals surface area contributed by atoms with Crippen molar-refractivity contribution < 1.29 is 17.9 Å². The lowest BCUT2D eigenvalue weighted by Gasteiger charge is -2.28. The first-order chi connectivity index (χ1) is 11.1. The monoisotopic (exact) mass is 338 g/mol. The van der Waals surface area contributed by atoms with E-state index in [1.54, 1.807) is 24.3 Å². The van der Waals surface area contributed by atoms with Gasteiger partial charge < -0.3 is 10.1 Å². The Morgan fingerprint density at radius 3 is 2.65 bits per heavy atom. The Hall–Kier alpha value is -1.60. The summed E-state index contributed by atoms with van der Waals surface area (Å²) < 4.78 is 31.1. The van der Waals surface area contributed by atoms with Crippen LogP contribution in [0.4, 0.5) is 5.69 Å². The highest BCUT2D eigenvalue weighted by molar-refractivity contribution is 7.92. The van der Waals surface area contributed by atoms with Gasteiger partial charge in [0.1, 0.15) is 0 Å². The van der Waals surface area contributed by atoms with Crippen LogP contribution in [-0.4, -0.2) is 45.9 Å². The summed E-state index contributed by atoms with van der Waals surface area (Å²) in [7, 11) is -3.21. The molecule has 2 aliphatic rings. The van der Waals surface area contributed by atoms with Crippen LogP contribution in [-0.2, 0) is 14.8 Å². The number of carbonyl (C=O) groups excluding carboxylic acids is 1. The lowest BCUT2D eigenvalue weighted by molar-refractivity contribution is 0.0858. The van der Waals surface area contributed by atoms with Crippen LogP contribution in [0.2, 0.25) is 0 Å². The number of carbonyl (C=O) groups is 1. The summed E-state index contributed by atoms with van der Waals surface area (Å²) in [4.78, 5) is 12.1. The van der Waals surface area contributed by atoms with Crippen LogP contribution in [0.3, 0.4) is 0 Å². The molecule has 0 spiro atoms. The third-order valence-corrected chi connectivity index (χ3v) is 6.15. The number of hydrogen-bond donors (Lipinski definition) is 1. The first-order valence-corrected chi connectivity index (χ1v) is 9.67. The van der Waals surface area contributed by atoms with Crippen molar-refractivity contribution in [3.63, 3.8) is 0 Å². The normalized spacial score (nSPS) is 23.7. The van der Waals surface area contributed by atoms with Crippen molar-refractivity contribution in [2.45, 2.75) is 31.8 Å². The molecule has 0 saturated carbocycles. The number of rotatable bonds is 4. The molecule has 126 valence electrons. The van der Waals surface area contributed by atoms with Crippen LogP contribution in [0.1, 0.15) is 36.0 Å². The van der Waals surface area contributed by atoms with Gasteiger partial charge in [0.15, 0.2) is 0 Å². The fourth-order valence-electron chi connectivity index (χ4n) is 2.97. The van der Waals surface area contributed by atoms with Gasteiger partial charge in [0, 0.05) is 25.3 Å². The molecule has 6 nitrogen and oxygen atoms in total. The van der Waals surface area contributed by atoms with Crippen molar-refractivity contribution in [3.8, 4) is 0 Å². The zero-order chi connectivity index (χ0) is 16.3. The van der Waals surface area contributed by atoms with Crippen LogP contribution < -0.4 is 9.62 Å². The number of anilines is 1. The van der Waals surface area contributed by atoms with Crippen LogP contribution in [0.25, 0.3) is 0 Å². The number of nitrogens with one attached hydrogen (secondary N) is 1. The Morgan fingerprint density at radius 1 is 1.22 bits per heavy atom. The third-order valence-electron chi connectivity index (χ3n) is 4.28. The zero-order valence-electron chi connectivity index (χ0n) is 13.0. The van der Waals surface area contributed by atoms with Crippen molar-refractivity contribution in [1.29, 1.82) is 0 Å². The van der Waals surface area contributed by atoms with Crippen molar-refractivity contribution in [3.05, 3.63) is 29.8 Å². The van der Waals surface area contributed by atoms with E-state index in [2.05, 4.69) is 5.32 Å². The summed E-state index contributed by atoms with van der Waals surface area (Å²) in [6.07, 6.45) is 3.70. The summed E-state index contributed by atoms with van der Waals surface area (Å²) in [5, 5.41) is 2.86. The number of hydrogen-bond acceptors (Lipinski definition) is 4. The Balaban J connectivity index is 1.63. The maximum atomic E-state index is 12.1. The smallest absolute Gasteiger partial charge is 0.251 e. The van der Waals surface area contributed by atoms with E-state index < -0.39 is 10.0 Å². The molecule has 23 heavy (non-hydrogen) atoms. The summed E-state index contributed by atoms with van der Waals surface area (Å²) in [6, 6.07) is 6.74. The molecule has 2 saturated heterocycles. The molecule has 1 atom stereocenters. The van der Waals surface area contributed by atoms with Crippen molar-refractivity contribution in [1.82, 2.24) is 5.32 Å². The number of benzene rings is 1. The van der Waals surface area contributed by atoms with E-state index in [0.717, 1.165) is 25.9 Å². The first kappa shape index (κ1) is 16.3. The zero-order valence-corrected chi connectivity index (χ0v) is 13.8. The summed E-state index contributed by atoms with van der Waals surface area (Å²) in [5.41, 5.74) is 1.15. The second kappa shape index (κ2) is 6.88. The van der Waals surface area contributed by atoms with Gasteiger partial charge in [-0.3, -0.25) is 9.10 Å². The Labute approximate surface area is 136 Å². The van der Waals surface area contributed by atoms with Gasteiger partial charge in [-0.25, -0.2) is 8.42 Å². The Kier molecular flexibility index (Phi) is 4.87. The van der Waals surface area contributed by atoms with Crippen LogP contribution in [0.15, 0.2) is 24.3 Å². The molecule has 1 amide bonds. The van der Waals surface area contributed by atoms with E-state index in [-0.39, 0.29) is 17.8 Å². The standard InChI is InChI=1S/C16H22N2O4S/c19-16(17-12-15-4-3-10-22-15)13-5-7-14(8-6-13)18-9-1-2-11-23(18,20)21/h5-8,15H,1-4,9-12H2,(H,17,19)/t15-/m0/s1. The molecular weight excluding hydrogens is 316 g/mol. The average Bonchev–Trinajstić information content (AvgIpc) is 3.06. The molecule has 3 rings (SSSR count). The molecule has 0 aliphatic carbocycles. The minimum atomic E-state index is -3.21. The largest absolute Gasteiger partial charge is 0.376 e. The molecule has 1 N–H and O–H groups in total. The van der Waals surface area contributed by atoms with Crippen molar-refractivity contribution in [2.24, 2.45) is 0 Å². The average molecular weight is 338 g/mol. The maximum Gasteiger partial charge on any atom is 0.251 e. The van der Waals surface area contributed by atoms with E-state index in [9.17, 15) is 13.2 Å². The predicted octanol–water partition coefficient (Wildman–Crippen LogP) is 1.53. The van der Waals surface area contributed by atoms with Gasteiger partial charge in [0.2, 0.25) is 10.0 Å². The molecule has 7 heteroatoms. The molecule has 1 aromatic carbocycles. The van der Waals surface area contributed by atoms with E-state index in [1.807, 2.05) is 0 Å². The van der Waals surface area contributed by atoms with Gasteiger partial charge in [-0.1, -0.05) is 0 Å². The molecule has 2 aliphatic heterocycles. The second-order valence-corrected chi connectivity index (χ2v) is 8.00. The summed E-state index contributed by atoms with van der Waals surface area (Å²) in [5.74, 6) is 0.0323. The fraction of sp³-hybridized carbons (Fsp3) is 0.562. The molecule has 0 bridgehead atoms. The molecule has 1 aromatic rings. The highest BCUT2D eigenvalue weighted by atomic mass is 32.2. The summed E-state index contributed by atoms with van der Waals surface area (Å²) in [6.45, 7) is 1.79. The van der Waals surface area contributed by atoms with Gasteiger partial charge >= 0.3 is 0 Å². The van der Waals surface area contributed by atoms with Crippen LogP contribution in [0, 0.1) is 0 Å². The molecule has 0 unspecified atom stereocenters. The summed E-state index contributed by atoms with van der Waals surface area (Å²) >= 11 is 0. The first-order valence-electron chi connectivity index (χ1n) is 8.06. The minimum Gasteiger partial charge on any atom is -0.376 e. The highest BCUT2D eigenvalue weighted by Gasteiger charge is 2.26. The minimum absolute atomic E-state index is 0.108. The van der Waals surface area contributed by atoms with Gasteiger partial charge in [0.25, 0.3) is 5.91 Å². The Bertz CT molecular complexity index is 651. The fourth-order valence-corrected chi connectivity index (χ4v) is 4.61. The number of amides is 1. The highest BCUT2D eigenvalue weighted by Crippen LogP contribution is 2.23. The molecule has 2 heterocycles.